The summed E-state index contributed by atoms with van der Waals surface area (Å²) in [6, 6.07) is 1.60. The molecule has 0 unspecified atom stereocenters. The maximum atomic E-state index is 11.2. The second kappa shape index (κ2) is 4.45. The number of methoxy groups -OCH3 is 3. The Morgan fingerprint density at radius 3 is 2.50 bits per heavy atom. The van der Waals surface area contributed by atoms with Gasteiger partial charge in [-0.3, -0.25) is 0 Å². The molecule has 0 aliphatic carbocycles. The molecule has 5 heteroatoms. The van der Waals surface area contributed by atoms with Crippen LogP contribution in [0.2, 0.25) is 0 Å². The highest BCUT2D eigenvalue weighted by atomic mass is 16.5. The van der Waals surface area contributed by atoms with E-state index in [1.807, 2.05) is 0 Å². The minimum atomic E-state index is -0.555. The highest BCUT2D eigenvalue weighted by molar-refractivity contribution is 5.91. The normalized spacial score (nSPS) is 9.36. The first-order valence-corrected chi connectivity index (χ1v) is 3.90. The van der Waals surface area contributed by atoms with Gasteiger partial charge in [-0.25, -0.2) is 9.78 Å². The van der Waals surface area contributed by atoms with E-state index in [0.717, 1.165) is 0 Å². The first-order valence-electron chi connectivity index (χ1n) is 3.90. The van der Waals surface area contributed by atoms with E-state index in [4.69, 9.17) is 9.47 Å². The predicted molar refractivity (Wildman–Crippen MR) is 48.7 cm³/mol. The van der Waals surface area contributed by atoms with Crippen LogP contribution >= 0.6 is 0 Å². The second-order valence-electron chi connectivity index (χ2n) is 2.39. The van der Waals surface area contributed by atoms with Crippen molar-refractivity contribution in [2.24, 2.45) is 0 Å². The predicted octanol–water partition coefficient (Wildman–Crippen LogP) is 0.885. The lowest BCUT2D eigenvalue weighted by atomic mass is 10.3. The summed E-state index contributed by atoms with van der Waals surface area (Å²) < 4.78 is 14.5. The van der Waals surface area contributed by atoms with Crippen LogP contribution in [0.1, 0.15) is 10.5 Å². The Hall–Kier alpha value is -1.78. The van der Waals surface area contributed by atoms with Crippen molar-refractivity contribution in [2.45, 2.75) is 0 Å². The summed E-state index contributed by atoms with van der Waals surface area (Å²) in [5.41, 5.74) is 0.106. The average Bonchev–Trinajstić information content (AvgIpc) is 2.26. The number of pyridine rings is 1. The van der Waals surface area contributed by atoms with Crippen molar-refractivity contribution in [1.82, 2.24) is 4.98 Å². The highest BCUT2D eigenvalue weighted by Crippen LogP contribution is 2.29. The molecule has 0 aliphatic rings. The monoisotopic (exact) mass is 197 g/mol. The highest BCUT2D eigenvalue weighted by Gasteiger charge is 2.18. The number of nitrogens with zero attached hydrogens (tertiary/aromatic N) is 1. The van der Waals surface area contributed by atoms with E-state index in [1.165, 1.54) is 27.5 Å². The number of aromatic nitrogens is 1. The summed E-state index contributed by atoms with van der Waals surface area (Å²) in [6.45, 7) is 0. The summed E-state index contributed by atoms with van der Waals surface area (Å²) >= 11 is 0. The minimum Gasteiger partial charge on any atom is -0.493 e. The van der Waals surface area contributed by atoms with Gasteiger partial charge in [0.15, 0.2) is 17.2 Å². The van der Waals surface area contributed by atoms with Gasteiger partial charge in [0.1, 0.15) is 0 Å². The van der Waals surface area contributed by atoms with Crippen LogP contribution in [0.3, 0.4) is 0 Å². The Bertz CT molecular complexity index is 338. The first-order chi connectivity index (χ1) is 6.74. The van der Waals surface area contributed by atoms with Crippen LogP contribution in [0.5, 0.6) is 11.5 Å². The van der Waals surface area contributed by atoms with Crippen molar-refractivity contribution in [2.75, 3.05) is 21.3 Å². The van der Waals surface area contributed by atoms with Gasteiger partial charge < -0.3 is 14.2 Å². The van der Waals surface area contributed by atoms with Crippen LogP contribution in [0, 0.1) is 0 Å². The molecule has 5 nitrogen and oxygen atoms in total. The third-order valence-electron chi connectivity index (χ3n) is 1.67. The molecule has 0 N–H and O–H groups in total. The third kappa shape index (κ3) is 1.76. The van der Waals surface area contributed by atoms with Gasteiger partial charge in [0.2, 0.25) is 0 Å². The fourth-order valence-corrected chi connectivity index (χ4v) is 1.03. The molecule has 76 valence electrons. The lowest BCUT2D eigenvalue weighted by molar-refractivity contribution is 0.0589. The molecule has 0 aromatic carbocycles. The number of hydrogen-bond donors (Lipinski definition) is 0. The van der Waals surface area contributed by atoms with E-state index in [9.17, 15) is 4.79 Å². The zero-order valence-corrected chi connectivity index (χ0v) is 8.23. The first kappa shape index (κ1) is 10.3. The molecule has 0 spiro atoms. The molecular formula is C9H11NO4. The van der Waals surface area contributed by atoms with E-state index in [0.29, 0.717) is 5.75 Å². The average molecular weight is 197 g/mol. The van der Waals surface area contributed by atoms with Gasteiger partial charge in [0.05, 0.1) is 21.3 Å². The summed E-state index contributed by atoms with van der Waals surface area (Å²) in [5.74, 6) is 0.172. The van der Waals surface area contributed by atoms with Crippen molar-refractivity contribution >= 4 is 5.97 Å². The maximum Gasteiger partial charge on any atom is 0.360 e. The minimum absolute atomic E-state index is 0.106. The Morgan fingerprint density at radius 2 is 2.00 bits per heavy atom. The zero-order chi connectivity index (χ0) is 10.6. The molecule has 0 aliphatic heterocycles. The van der Waals surface area contributed by atoms with E-state index >= 15 is 0 Å². The largest absolute Gasteiger partial charge is 0.493 e. The van der Waals surface area contributed by atoms with Gasteiger partial charge in [0, 0.05) is 12.3 Å². The summed E-state index contributed by atoms with van der Waals surface area (Å²) in [5, 5.41) is 0. The van der Waals surface area contributed by atoms with Gasteiger partial charge in [-0.1, -0.05) is 0 Å². The number of carbonyl (C=O) groups excluding carboxylic acids is 1. The second-order valence-corrected chi connectivity index (χ2v) is 2.39. The molecule has 0 saturated carbocycles. The van der Waals surface area contributed by atoms with Crippen molar-refractivity contribution in [3.8, 4) is 11.5 Å². The number of hydrogen-bond acceptors (Lipinski definition) is 5. The van der Waals surface area contributed by atoms with Crippen LogP contribution in [0.15, 0.2) is 12.3 Å². The number of rotatable bonds is 3. The molecule has 0 atom stereocenters. The lowest BCUT2D eigenvalue weighted by Gasteiger charge is -2.09. The molecule has 0 fully saturated rings. The van der Waals surface area contributed by atoms with Gasteiger partial charge in [-0.2, -0.15) is 0 Å². The SMILES string of the molecule is COC(=O)c1nccc(OC)c1OC. The Kier molecular flexibility index (Phi) is 3.28. The van der Waals surface area contributed by atoms with E-state index in [-0.39, 0.29) is 11.4 Å². The summed E-state index contributed by atoms with van der Waals surface area (Å²) in [4.78, 5) is 15.1. The molecule has 0 saturated heterocycles. The zero-order valence-electron chi connectivity index (χ0n) is 8.23. The molecule has 1 heterocycles. The van der Waals surface area contributed by atoms with Crippen molar-refractivity contribution in [1.29, 1.82) is 0 Å². The van der Waals surface area contributed by atoms with Crippen LogP contribution < -0.4 is 9.47 Å². The standard InChI is InChI=1S/C9H11NO4/c1-12-6-4-5-10-7(8(6)13-2)9(11)14-3/h4-5H,1-3H3. The molecule has 0 bridgehead atoms. The summed E-state index contributed by atoms with van der Waals surface area (Å²) in [6.07, 6.45) is 1.45. The molecule has 0 radical (unpaired) electrons. The van der Waals surface area contributed by atoms with Gasteiger partial charge in [-0.15, -0.1) is 0 Å². The molecule has 1 aromatic rings. The number of esters is 1. The number of carbonyl (C=O) groups is 1. The van der Waals surface area contributed by atoms with E-state index in [2.05, 4.69) is 9.72 Å². The smallest absolute Gasteiger partial charge is 0.360 e. The van der Waals surface area contributed by atoms with Crippen molar-refractivity contribution in [3.05, 3.63) is 18.0 Å². The molecule has 1 rings (SSSR count). The van der Waals surface area contributed by atoms with Gasteiger partial charge >= 0.3 is 5.97 Å². The number of ether oxygens (including phenoxy) is 3. The fourth-order valence-electron chi connectivity index (χ4n) is 1.03. The third-order valence-corrected chi connectivity index (χ3v) is 1.67. The molecule has 14 heavy (non-hydrogen) atoms. The topological polar surface area (TPSA) is 57.7 Å². The van der Waals surface area contributed by atoms with Crippen LogP contribution in [0.4, 0.5) is 0 Å². The Balaban J connectivity index is 3.21. The molecular weight excluding hydrogens is 186 g/mol. The van der Waals surface area contributed by atoms with Crippen molar-refractivity contribution < 1.29 is 19.0 Å². The Labute approximate surface area is 81.6 Å². The van der Waals surface area contributed by atoms with Crippen molar-refractivity contribution in [3.63, 3.8) is 0 Å². The van der Waals surface area contributed by atoms with Crippen LogP contribution in [0.25, 0.3) is 0 Å². The lowest BCUT2D eigenvalue weighted by Crippen LogP contribution is -2.07. The molecule has 0 amide bonds. The van der Waals surface area contributed by atoms with Gasteiger partial charge in [0.25, 0.3) is 0 Å². The fraction of sp³-hybridized carbons (Fsp3) is 0.333. The Morgan fingerprint density at radius 1 is 1.29 bits per heavy atom. The van der Waals surface area contributed by atoms with Gasteiger partial charge in [-0.05, 0) is 0 Å². The van der Waals surface area contributed by atoms with Crippen LogP contribution in [-0.4, -0.2) is 32.3 Å². The quantitative estimate of drug-likeness (QED) is 0.673. The summed E-state index contributed by atoms with van der Waals surface area (Å²) in [7, 11) is 4.20. The van der Waals surface area contributed by atoms with E-state index in [1.54, 1.807) is 6.07 Å². The van der Waals surface area contributed by atoms with E-state index < -0.39 is 5.97 Å². The van der Waals surface area contributed by atoms with Crippen LogP contribution in [-0.2, 0) is 4.74 Å². The maximum absolute atomic E-state index is 11.2. The molecule has 1 aromatic heterocycles.